The molecule has 1 aliphatic heterocycles. The van der Waals surface area contributed by atoms with Crippen molar-refractivity contribution in [3.8, 4) is 0 Å². The number of benzene rings is 1. The molecule has 2 atom stereocenters. The predicted octanol–water partition coefficient (Wildman–Crippen LogP) is 3.81. The van der Waals surface area contributed by atoms with E-state index in [-0.39, 0.29) is 17.6 Å². The summed E-state index contributed by atoms with van der Waals surface area (Å²) in [5.41, 5.74) is 2.22. The highest BCUT2D eigenvalue weighted by Crippen LogP contribution is 2.59. The van der Waals surface area contributed by atoms with Gasteiger partial charge in [0.2, 0.25) is 5.91 Å². The Morgan fingerprint density at radius 3 is 2.56 bits per heavy atom. The summed E-state index contributed by atoms with van der Waals surface area (Å²) in [4.78, 5) is 31.5. The van der Waals surface area contributed by atoms with Gasteiger partial charge in [0.15, 0.2) is 0 Å². The van der Waals surface area contributed by atoms with Crippen LogP contribution in [-0.2, 0) is 4.79 Å². The SMILES string of the molecule is CCC(=O)N(CCN1CCN(C(=O)c2cccc(F)c2)CC1)CC1=CCC2CC1C2(C)C. The number of piperazine rings is 1. The Hall–Kier alpha value is -2.21. The van der Waals surface area contributed by atoms with Crippen LogP contribution in [0.2, 0.25) is 0 Å². The minimum absolute atomic E-state index is 0.113. The van der Waals surface area contributed by atoms with Crippen molar-refractivity contribution in [2.75, 3.05) is 45.8 Å². The number of nitrogens with zero attached hydrogens (tertiary/aromatic N) is 3. The van der Waals surface area contributed by atoms with Gasteiger partial charge in [0.1, 0.15) is 5.82 Å². The van der Waals surface area contributed by atoms with Crippen molar-refractivity contribution in [1.82, 2.24) is 14.7 Å². The van der Waals surface area contributed by atoms with Crippen LogP contribution in [0.4, 0.5) is 4.39 Å². The fourth-order valence-corrected chi connectivity index (χ4v) is 5.63. The summed E-state index contributed by atoms with van der Waals surface area (Å²) in [5.74, 6) is 1.13. The van der Waals surface area contributed by atoms with Crippen LogP contribution in [0.1, 0.15) is 50.4 Å². The molecule has 0 aromatic heterocycles. The van der Waals surface area contributed by atoms with E-state index in [9.17, 15) is 14.0 Å². The normalized spacial score (nSPS) is 24.5. The van der Waals surface area contributed by atoms with Gasteiger partial charge in [-0.15, -0.1) is 0 Å². The second-order valence-corrected chi connectivity index (χ2v) is 10.1. The Bertz CT molecular complexity index is 889. The molecule has 0 spiro atoms. The van der Waals surface area contributed by atoms with Crippen LogP contribution in [0.5, 0.6) is 0 Å². The lowest BCUT2D eigenvalue weighted by Gasteiger charge is -2.57. The van der Waals surface area contributed by atoms with Gasteiger partial charge in [-0.1, -0.05) is 38.5 Å². The summed E-state index contributed by atoms with van der Waals surface area (Å²) in [5, 5.41) is 0. The molecule has 2 amide bonds. The monoisotopic (exact) mass is 441 g/mol. The summed E-state index contributed by atoms with van der Waals surface area (Å²) in [6, 6.07) is 5.89. The van der Waals surface area contributed by atoms with Crippen molar-refractivity contribution in [1.29, 1.82) is 0 Å². The van der Waals surface area contributed by atoms with Gasteiger partial charge in [0, 0.05) is 57.8 Å². The number of halogens is 1. The number of hydrogen-bond donors (Lipinski definition) is 0. The van der Waals surface area contributed by atoms with E-state index in [1.807, 2.05) is 11.8 Å². The predicted molar refractivity (Wildman–Crippen MR) is 124 cm³/mol. The number of hydrogen-bond acceptors (Lipinski definition) is 3. The third-order valence-corrected chi connectivity index (χ3v) is 8.03. The molecule has 3 aliphatic carbocycles. The molecule has 1 saturated heterocycles. The molecule has 2 bridgehead atoms. The van der Waals surface area contributed by atoms with E-state index in [0.29, 0.717) is 36.4 Å². The quantitative estimate of drug-likeness (QED) is 0.605. The van der Waals surface area contributed by atoms with Crippen molar-refractivity contribution in [3.63, 3.8) is 0 Å². The molecule has 1 aromatic carbocycles. The standard InChI is InChI=1S/C26H36FN3O2/c1-4-24(31)30(18-20-8-9-21-17-23(20)26(21,2)3)15-12-28-10-13-29(14-11-28)25(32)19-6-5-7-22(27)16-19/h5-8,16,21,23H,4,9-15,17-18H2,1-3H3. The molecule has 174 valence electrons. The van der Waals surface area contributed by atoms with E-state index in [1.165, 1.54) is 24.1 Å². The third-order valence-electron chi connectivity index (χ3n) is 8.03. The first-order valence-electron chi connectivity index (χ1n) is 12.0. The van der Waals surface area contributed by atoms with Crippen LogP contribution in [-0.4, -0.2) is 72.3 Å². The van der Waals surface area contributed by atoms with Crippen molar-refractivity contribution in [3.05, 3.63) is 47.3 Å². The first kappa shape index (κ1) is 23.0. The van der Waals surface area contributed by atoms with Crippen LogP contribution in [0.3, 0.4) is 0 Å². The largest absolute Gasteiger partial charge is 0.337 e. The molecule has 5 rings (SSSR count). The Kier molecular flexibility index (Phi) is 6.70. The fourth-order valence-electron chi connectivity index (χ4n) is 5.63. The average Bonchev–Trinajstić information content (AvgIpc) is 2.81. The molecule has 2 fully saturated rings. The van der Waals surface area contributed by atoms with E-state index in [1.54, 1.807) is 17.0 Å². The minimum Gasteiger partial charge on any atom is -0.337 e. The van der Waals surface area contributed by atoms with Gasteiger partial charge in [-0.05, 0) is 48.3 Å². The minimum atomic E-state index is -0.385. The summed E-state index contributed by atoms with van der Waals surface area (Å²) < 4.78 is 13.4. The first-order chi connectivity index (χ1) is 15.3. The number of allylic oxidation sites excluding steroid dienone is 1. The number of carbonyl (C=O) groups is 2. The molecular weight excluding hydrogens is 405 g/mol. The molecule has 2 unspecified atom stereocenters. The maximum absolute atomic E-state index is 13.4. The summed E-state index contributed by atoms with van der Waals surface area (Å²) >= 11 is 0. The highest BCUT2D eigenvalue weighted by atomic mass is 19.1. The second kappa shape index (κ2) is 9.34. The molecule has 5 nitrogen and oxygen atoms in total. The van der Waals surface area contributed by atoms with Gasteiger partial charge >= 0.3 is 0 Å². The molecule has 4 aliphatic rings. The lowest BCUT2D eigenvalue weighted by atomic mass is 9.49. The van der Waals surface area contributed by atoms with Crippen LogP contribution in [0.15, 0.2) is 35.9 Å². The zero-order valence-corrected chi connectivity index (χ0v) is 19.6. The lowest BCUT2D eigenvalue weighted by molar-refractivity contribution is -0.131. The zero-order chi connectivity index (χ0) is 22.9. The molecule has 32 heavy (non-hydrogen) atoms. The number of rotatable bonds is 7. The smallest absolute Gasteiger partial charge is 0.254 e. The molecule has 1 heterocycles. The van der Waals surface area contributed by atoms with Gasteiger partial charge in [-0.2, -0.15) is 0 Å². The van der Waals surface area contributed by atoms with E-state index in [4.69, 9.17) is 0 Å². The average molecular weight is 442 g/mol. The first-order valence-corrected chi connectivity index (χ1v) is 12.0. The van der Waals surface area contributed by atoms with Gasteiger partial charge < -0.3 is 9.80 Å². The van der Waals surface area contributed by atoms with Crippen molar-refractivity contribution in [2.45, 2.75) is 40.0 Å². The molecule has 1 aromatic rings. The van der Waals surface area contributed by atoms with Crippen LogP contribution in [0.25, 0.3) is 0 Å². The zero-order valence-electron chi connectivity index (χ0n) is 19.6. The summed E-state index contributed by atoms with van der Waals surface area (Å²) in [6.07, 6.45) is 5.33. The van der Waals surface area contributed by atoms with E-state index >= 15 is 0 Å². The summed E-state index contributed by atoms with van der Waals surface area (Å²) in [6.45, 7) is 11.8. The van der Waals surface area contributed by atoms with E-state index in [2.05, 4.69) is 24.8 Å². The maximum Gasteiger partial charge on any atom is 0.254 e. The van der Waals surface area contributed by atoms with E-state index < -0.39 is 0 Å². The fraction of sp³-hybridized carbons (Fsp3) is 0.615. The van der Waals surface area contributed by atoms with Crippen molar-refractivity contribution < 1.29 is 14.0 Å². The van der Waals surface area contributed by atoms with E-state index in [0.717, 1.165) is 45.1 Å². The lowest BCUT2D eigenvalue weighted by Crippen LogP contribution is -2.52. The van der Waals surface area contributed by atoms with Gasteiger partial charge in [0.05, 0.1) is 0 Å². The van der Waals surface area contributed by atoms with Gasteiger partial charge in [-0.25, -0.2) is 4.39 Å². The van der Waals surface area contributed by atoms with Gasteiger partial charge in [-0.3, -0.25) is 14.5 Å². The highest BCUT2D eigenvalue weighted by Gasteiger charge is 2.51. The third kappa shape index (κ3) is 4.61. The molecule has 0 N–H and O–H groups in total. The molecule has 0 radical (unpaired) electrons. The van der Waals surface area contributed by atoms with Crippen LogP contribution >= 0.6 is 0 Å². The highest BCUT2D eigenvalue weighted by molar-refractivity contribution is 5.94. The van der Waals surface area contributed by atoms with Crippen molar-refractivity contribution >= 4 is 11.8 Å². The van der Waals surface area contributed by atoms with Crippen molar-refractivity contribution in [2.24, 2.45) is 17.3 Å². The van der Waals surface area contributed by atoms with Crippen LogP contribution in [0, 0.1) is 23.1 Å². The Morgan fingerprint density at radius 2 is 1.94 bits per heavy atom. The number of amides is 2. The van der Waals surface area contributed by atoms with Gasteiger partial charge in [0.25, 0.3) is 5.91 Å². The summed E-state index contributed by atoms with van der Waals surface area (Å²) in [7, 11) is 0. The molecule has 6 heteroatoms. The number of fused-ring (bicyclic) bond motifs is 1. The maximum atomic E-state index is 13.4. The molecular formula is C26H36FN3O2. The molecule has 1 saturated carbocycles. The Morgan fingerprint density at radius 1 is 1.19 bits per heavy atom. The van der Waals surface area contributed by atoms with Crippen LogP contribution < -0.4 is 0 Å². The Labute approximate surface area is 191 Å². The topological polar surface area (TPSA) is 43.9 Å². The number of carbonyl (C=O) groups excluding carboxylic acids is 2. The Balaban J connectivity index is 1.29. The second-order valence-electron chi connectivity index (χ2n) is 10.1.